The number of halogens is 7. The maximum Gasteiger partial charge on any atom is 0.433 e. The SMILES string of the molecule is Cn1cncc1C(O)(c1ccc(C(F)(F)F)nc1)c1ccc2nc(C(F)(F)F)c(Cc3ccccc3)c(Cl)c2c1. The number of hydrogen-bond donors (Lipinski definition) is 1. The minimum atomic E-state index is -4.79. The van der Waals surface area contributed by atoms with E-state index in [1.54, 1.807) is 37.4 Å². The van der Waals surface area contributed by atoms with Crippen LogP contribution in [0.4, 0.5) is 26.3 Å². The van der Waals surface area contributed by atoms with Gasteiger partial charge < -0.3 is 9.67 Å². The minimum absolute atomic E-state index is 0.0241. The Kier molecular flexibility index (Phi) is 6.83. The molecule has 0 radical (unpaired) electrons. The number of benzene rings is 2. The second-order valence-corrected chi connectivity index (χ2v) is 9.55. The maximum atomic E-state index is 14.0. The highest BCUT2D eigenvalue weighted by molar-refractivity contribution is 6.36. The van der Waals surface area contributed by atoms with Crippen molar-refractivity contribution in [1.29, 1.82) is 0 Å². The van der Waals surface area contributed by atoms with Gasteiger partial charge in [-0.05, 0) is 29.3 Å². The van der Waals surface area contributed by atoms with Gasteiger partial charge in [-0.15, -0.1) is 0 Å². The second-order valence-electron chi connectivity index (χ2n) is 9.18. The summed E-state index contributed by atoms with van der Waals surface area (Å²) in [4.78, 5) is 11.4. The lowest BCUT2D eigenvalue weighted by atomic mass is 9.83. The van der Waals surface area contributed by atoms with Gasteiger partial charge in [-0.3, -0.25) is 4.98 Å². The van der Waals surface area contributed by atoms with Crippen LogP contribution in [0.25, 0.3) is 10.9 Å². The first-order valence-electron chi connectivity index (χ1n) is 11.8. The largest absolute Gasteiger partial charge is 0.433 e. The molecular weight excluding hydrogens is 558 g/mol. The van der Waals surface area contributed by atoms with Gasteiger partial charge in [0, 0.05) is 36.2 Å². The van der Waals surface area contributed by atoms with E-state index < -0.39 is 29.3 Å². The number of hydrogen-bond acceptors (Lipinski definition) is 4. The van der Waals surface area contributed by atoms with E-state index in [9.17, 15) is 31.4 Å². The molecule has 1 N–H and O–H groups in total. The van der Waals surface area contributed by atoms with Crippen molar-refractivity contribution in [2.75, 3.05) is 0 Å². The number of aryl methyl sites for hydroxylation is 1. The smallest absolute Gasteiger partial charge is 0.374 e. The third-order valence-electron chi connectivity index (χ3n) is 6.59. The molecule has 206 valence electrons. The third kappa shape index (κ3) is 4.90. The lowest BCUT2D eigenvalue weighted by Gasteiger charge is -2.30. The number of fused-ring (bicyclic) bond motifs is 1. The second kappa shape index (κ2) is 9.90. The van der Waals surface area contributed by atoms with Crippen LogP contribution < -0.4 is 0 Å². The molecule has 0 saturated carbocycles. The monoisotopic (exact) mass is 576 g/mol. The Hall–Kier alpha value is -3.96. The van der Waals surface area contributed by atoms with E-state index in [1.807, 2.05) is 0 Å². The topological polar surface area (TPSA) is 63.8 Å². The molecule has 1 atom stereocenters. The molecule has 2 aromatic carbocycles. The Labute approximate surface area is 228 Å². The van der Waals surface area contributed by atoms with E-state index >= 15 is 0 Å². The zero-order valence-corrected chi connectivity index (χ0v) is 21.4. The van der Waals surface area contributed by atoms with Crippen molar-refractivity contribution in [2.45, 2.75) is 24.4 Å². The van der Waals surface area contributed by atoms with Gasteiger partial charge in [-0.2, -0.15) is 26.3 Å². The van der Waals surface area contributed by atoms with E-state index in [0.717, 1.165) is 18.3 Å². The van der Waals surface area contributed by atoms with Crippen LogP contribution in [0.15, 0.2) is 79.4 Å². The fourth-order valence-corrected chi connectivity index (χ4v) is 4.94. The number of aromatic nitrogens is 4. The van der Waals surface area contributed by atoms with Crippen LogP contribution in [0.2, 0.25) is 5.02 Å². The van der Waals surface area contributed by atoms with Crippen LogP contribution in [-0.2, 0) is 31.4 Å². The molecule has 1 unspecified atom stereocenters. The average Bonchev–Trinajstić information content (AvgIpc) is 3.35. The molecule has 0 amide bonds. The summed E-state index contributed by atoms with van der Waals surface area (Å²) >= 11 is 6.62. The van der Waals surface area contributed by atoms with Crippen molar-refractivity contribution in [3.05, 3.63) is 124 Å². The normalized spacial score (nSPS) is 13.9. The van der Waals surface area contributed by atoms with Crippen molar-refractivity contribution in [3.63, 3.8) is 0 Å². The fourth-order valence-electron chi connectivity index (χ4n) is 4.63. The summed E-state index contributed by atoms with van der Waals surface area (Å²) < 4.78 is 83.1. The van der Waals surface area contributed by atoms with Crippen molar-refractivity contribution < 1.29 is 31.4 Å². The summed E-state index contributed by atoms with van der Waals surface area (Å²) in [6, 6.07) is 14.3. The molecular formula is C28H19ClF6N4O. The van der Waals surface area contributed by atoms with E-state index in [0.29, 0.717) is 5.56 Å². The molecule has 3 heterocycles. The Morgan fingerprint density at radius 1 is 0.875 bits per heavy atom. The number of pyridine rings is 2. The summed E-state index contributed by atoms with van der Waals surface area (Å²) in [6.45, 7) is 0. The van der Waals surface area contributed by atoms with E-state index in [4.69, 9.17) is 11.6 Å². The molecule has 0 aliphatic carbocycles. The van der Waals surface area contributed by atoms with E-state index in [2.05, 4.69) is 15.0 Å². The zero-order chi connectivity index (χ0) is 28.9. The molecule has 0 fully saturated rings. The fraction of sp³-hybridized carbons (Fsp3) is 0.179. The Balaban J connectivity index is 1.74. The molecule has 3 aromatic heterocycles. The maximum absolute atomic E-state index is 14.0. The van der Waals surface area contributed by atoms with Gasteiger partial charge in [0.25, 0.3) is 0 Å². The highest BCUT2D eigenvalue weighted by atomic mass is 35.5. The summed E-state index contributed by atoms with van der Waals surface area (Å²) in [5, 5.41) is 12.0. The number of alkyl halides is 6. The molecule has 40 heavy (non-hydrogen) atoms. The van der Waals surface area contributed by atoms with Gasteiger partial charge in [-0.25, -0.2) is 9.97 Å². The molecule has 0 spiro atoms. The Bertz CT molecular complexity index is 1680. The molecule has 5 nitrogen and oxygen atoms in total. The lowest BCUT2D eigenvalue weighted by Crippen LogP contribution is -2.31. The average molecular weight is 577 g/mol. The molecule has 5 aromatic rings. The Morgan fingerprint density at radius 2 is 1.57 bits per heavy atom. The van der Waals surface area contributed by atoms with Crippen LogP contribution in [0.1, 0.15) is 39.3 Å². The van der Waals surface area contributed by atoms with E-state index in [-0.39, 0.29) is 44.7 Å². The number of imidazole rings is 1. The molecule has 0 bridgehead atoms. The van der Waals surface area contributed by atoms with Crippen LogP contribution in [0.3, 0.4) is 0 Å². The van der Waals surface area contributed by atoms with Crippen molar-refractivity contribution in [1.82, 2.24) is 19.5 Å². The molecule has 12 heteroatoms. The summed E-state index contributed by atoms with van der Waals surface area (Å²) in [5.74, 6) is 0. The molecule has 0 aliphatic heterocycles. The predicted molar refractivity (Wildman–Crippen MR) is 136 cm³/mol. The van der Waals surface area contributed by atoms with Crippen molar-refractivity contribution in [2.24, 2.45) is 7.05 Å². The molecule has 0 aliphatic rings. The highest BCUT2D eigenvalue weighted by Gasteiger charge is 2.40. The van der Waals surface area contributed by atoms with Crippen LogP contribution in [-0.4, -0.2) is 24.6 Å². The van der Waals surface area contributed by atoms with Crippen LogP contribution in [0, 0.1) is 0 Å². The first-order chi connectivity index (χ1) is 18.8. The van der Waals surface area contributed by atoms with Gasteiger partial charge in [0.1, 0.15) is 11.4 Å². The predicted octanol–water partition coefficient (Wildman–Crippen LogP) is 6.93. The van der Waals surface area contributed by atoms with Gasteiger partial charge in [0.05, 0.1) is 28.8 Å². The van der Waals surface area contributed by atoms with Crippen LogP contribution in [0.5, 0.6) is 0 Å². The summed E-state index contributed by atoms with van der Waals surface area (Å²) in [7, 11) is 1.58. The van der Waals surface area contributed by atoms with Gasteiger partial charge in [0.2, 0.25) is 0 Å². The molecule has 0 saturated heterocycles. The minimum Gasteiger partial charge on any atom is -0.374 e. The third-order valence-corrected chi connectivity index (χ3v) is 7.02. The number of nitrogens with zero attached hydrogens (tertiary/aromatic N) is 4. The molecule has 5 rings (SSSR count). The first-order valence-corrected chi connectivity index (χ1v) is 12.1. The van der Waals surface area contributed by atoms with Gasteiger partial charge >= 0.3 is 12.4 Å². The van der Waals surface area contributed by atoms with Gasteiger partial charge in [-0.1, -0.05) is 54.1 Å². The van der Waals surface area contributed by atoms with Crippen molar-refractivity contribution in [3.8, 4) is 0 Å². The van der Waals surface area contributed by atoms with Crippen LogP contribution >= 0.6 is 11.6 Å². The highest BCUT2D eigenvalue weighted by Crippen LogP contribution is 2.42. The number of rotatable bonds is 5. The number of aliphatic hydroxyl groups is 1. The zero-order valence-electron chi connectivity index (χ0n) is 20.6. The standard InChI is InChI=1S/C28H19ClF6N4O/c1-39-15-36-14-23(39)26(40,18-8-10-22(37-13-18)27(30,31)32)17-7-9-21-19(12-17)24(29)20(25(38-21)28(33,34)35)11-16-5-3-2-4-6-16/h2-10,12-15,40H,11H2,1H3. The van der Waals surface area contributed by atoms with Gasteiger partial charge in [0.15, 0.2) is 5.60 Å². The lowest BCUT2D eigenvalue weighted by molar-refractivity contribution is -0.142. The summed E-state index contributed by atoms with van der Waals surface area (Å²) in [6.07, 6.45) is -6.03. The Morgan fingerprint density at radius 3 is 2.15 bits per heavy atom. The van der Waals surface area contributed by atoms with E-state index in [1.165, 1.54) is 35.3 Å². The first kappa shape index (κ1) is 27.6. The quantitative estimate of drug-likeness (QED) is 0.231. The van der Waals surface area contributed by atoms with Crippen molar-refractivity contribution >= 4 is 22.5 Å². The summed E-state index contributed by atoms with van der Waals surface area (Å²) in [5.41, 5.74) is -3.86.